The average Bonchev–Trinajstić information content (AvgIpc) is 2.93. The SMILES string of the molecule is O=C(OCCCCCC(F)(F)F)C1CC2C=CC1C2. The van der Waals surface area contributed by atoms with Crippen molar-refractivity contribution in [3.05, 3.63) is 12.2 Å². The third-order valence-corrected chi connectivity index (χ3v) is 3.93. The highest BCUT2D eigenvalue weighted by atomic mass is 19.4. The van der Waals surface area contributed by atoms with Crippen LogP contribution in [0.1, 0.15) is 38.5 Å². The number of esters is 1. The van der Waals surface area contributed by atoms with Crippen LogP contribution in [0.3, 0.4) is 0 Å². The summed E-state index contributed by atoms with van der Waals surface area (Å²) >= 11 is 0. The summed E-state index contributed by atoms with van der Waals surface area (Å²) in [5.74, 6) is 0.648. The van der Waals surface area contributed by atoms with E-state index in [4.69, 9.17) is 4.74 Å². The first-order chi connectivity index (χ1) is 8.96. The molecule has 0 aromatic rings. The lowest BCUT2D eigenvalue weighted by Crippen LogP contribution is -2.22. The summed E-state index contributed by atoms with van der Waals surface area (Å²) in [7, 11) is 0. The molecule has 0 aromatic carbocycles. The van der Waals surface area contributed by atoms with E-state index in [1.54, 1.807) is 0 Å². The highest BCUT2D eigenvalue weighted by Crippen LogP contribution is 2.43. The van der Waals surface area contributed by atoms with Crippen LogP contribution in [0.4, 0.5) is 13.2 Å². The molecule has 108 valence electrons. The zero-order chi connectivity index (χ0) is 13.9. The van der Waals surface area contributed by atoms with Crippen molar-refractivity contribution < 1.29 is 22.7 Å². The van der Waals surface area contributed by atoms with Crippen molar-refractivity contribution in [2.45, 2.75) is 44.7 Å². The van der Waals surface area contributed by atoms with Crippen molar-refractivity contribution in [3.8, 4) is 0 Å². The molecule has 2 aliphatic carbocycles. The maximum absolute atomic E-state index is 11.9. The molecule has 2 rings (SSSR count). The van der Waals surface area contributed by atoms with Gasteiger partial charge in [0.05, 0.1) is 12.5 Å². The summed E-state index contributed by atoms with van der Waals surface area (Å²) < 4.78 is 40.8. The van der Waals surface area contributed by atoms with E-state index in [1.807, 2.05) is 0 Å². The molecule has 3 atom stereocenters. The molecule has 2 nitrogen and oxygen atoms in total. The van der Waals surface area contributed by atoms with Gasteiger partial charge in [-0.25, -0.2) is 0 Å². The number of halogens is 3. The van der Waals surface area contributed by atoms with E-state index in [-0.39, 0.29) is 24.9 Å². The molecule has 0 amide bonds. The molecule has 0 radical (unpaired) electrons. The summed E-state index contributed by atoms with van der Waals surface area (Å²) in [4.78, 5) is 11.8. The average molecular weight is 276 g/mol. The molecule has 0 N–H and O–H groups in total. The number of carbonyl (C=O) groups excluding carboxylic acids is 1. The number of allylic oxidation sites excluding steroid dienone is 2. The predicted octanol–water partition coefficient (Wildman–Crippen LogP) is 3.86. The summed E-state index contributed by atoms with van der Waals surface area (Å²) in [5, 5.41) is 0. The minimum atomic E-state index is -4.08. The van der Waals surface area contributed by atoms with Crippen LogP contribution >= 0.6 is 0 Å². The molecule has 19 heavy (non-hydrogen) atoms. The van der Waals surface area contributed by atoms with Crippen LogP contribution in [-0.2, 0) is 9.53 Å². The van der Waals surface area contributed by atoms with Gasteiger partial charge in [-0.1, -0.05) is 12.2 Å². The van der Waals surface area contributed by atoms with Crippen LogP contribution in [0, 0.1) is 17.8 Å². The highest BCUT2D eigenvalue weighted by molar-refractivity contribution is 5.74. The summed E-state index contributed by atoms with van der Waals surface area (Å²) in [6.07, 6.45) is 2.40. The Hall–Kier alpha value is -1.00. The van der Waals surface area contributed by atoms with E-state index in [0.717, 1.165) is 12.8 Å². The van der Waals surface area contributed by atoms with Gasteiger partial charge in [0.15, 0.2) is 0 Å². The smallest absolute Gasteiger partial charge is 0.389 e. The third kappa shape index (κ3) is 4.25. The number of hydrogen-bond donors (Lipinski definition) is 0. The minimum absolute atomic E-state index is 0.0230. The molecule has 0 heterocycles. The fourth-order valence-corrected chi connectivity index (χ4v) is 2.94. The van der Waals surface area contributed by atoms with Gasteiger partial charge < -0.3 is 4.74 Å². The second-order valence-electron chi connectivity index (χ2n) is 5.48. The standard InChI is InChI=1S/C14H19F3O2/c15-14(16,17)6-2-1-3-7-19-13(18)12-9-10-4-5-11(12)8-10/h4-5,10-12H,1-3,6-9H2. The quantitative estimate of drug-likeness (QED) is 0.418. The number of hydrogen-bond acceptors (Lipinski definition) is 2. The summed E-state index contributed by atoms with van der Waals surface area (Å²) in [6.45, 7) is 0.244. The van der Waals surface area contributed by atoms with Gasteiger partial charge in [-0.15, -0.1) is 0 Å². The Bertz CT molecular complexity index is 349. The summed E-state index contributed by atoms with van der Waals surface area (Å²) in [5.41, 5.74) is 0. The number of fused-ring (bicyclic) bond motifs is 2. The van der Waals surface area contributed by atoms with Gasteiger partial charge in [-0.2, -0.15) is 13.2 Å². The van der Waals surface area contributed by atoms with Crippen LogP contribution < -0.4 is 0 Å². The maximum atomic E-state index is 11.9. The Morgan fingerprint density at radius 2 is 1.95 bits per heavy atom. The van der Waals surface area contributed by atoms with Gasteiger partial charge in [0.1, 0.15) is 0 Å². The van der Waals surface area contributed by atoms with Gasteiger partial charge in [0, 0.05) is 6.42 Å². The van der Waals surface area contributed by atoms with Crippen LogP contribution in [0.25, 0.3) is 0 Å². The molecule has 2 bridgehead atoms. The van der Waals surface area contributed by atoms with Crippen molar-refractivity contribution >= 4 is 5.97 Å². The highest BCUT2D eigenvalue weighted by Gasteiger charge is 2.40. The number of carbonyl (C=O) groups is 1. The molecule has 0 saturated heterocycles. The van der Waals surface area contributed by atoms with E-state index in [9.17, 15) is 18.0 Å². The first-order valence-electron chi connectivity index (χ1n) is 6.87. The Morgan fingerprint density at radius 1 is 1.16 bits per heavy atom. The summed E-state index contributed by atoms with van der Waals surface area (Å²) in [6, 6.07) is 0. The van der Waals surface area contributed by atoms with Gasteiger partial charge in [0.25, 0.3) is 0 Å². The molecular weight excluding hydrogens is 257 g/mol. The largest absolute Gasteiger partial charge is 0.465 e. The molecule has 1 saturated carbocycles. The molecule has 5 heteroatoms. The Morgan fingerprint density at radius 3 is 2.53 bits per heavy atom. The van der Waals surface area contributed by atoms with Crippen molar-refractivity contribution in [2.24, 2.45) is 17.8 Å². The molecule has 0 aliphatic heterocycles. The number of unbranched alkanes of at least 4 members (excludes halogenated alkanes) is 2. The van der Waals surface area contributed by atoms with E-state index in [2.05, 4.69) is 12.2 Å². The molecule has 1 fully saturated rings. The van der Waals surface area contributed by atoms with Gasteiger partial charge in [-0.3, -0.25) is 4.79 Å². The van der Waals surface area contributed by atoms with Crippen LogP contribution in [0.2, 0.25) is 0 Å². The molecule has 2 aliphatic rings. The molecule has 3 unspecified atom stereocenters. The van der Waals surface area contributed by atoms with Crippen molar-refractivity contribution in [2.75, 3.05) is 6.61 Å². The zero-order valence-electron chi connectivity index (χ0n) is 10.8. The lowest BCUT2D eigenvalue weighted by Gasteiger charge is -2.16. The normalized spacial score (nSPS) is 28.9. The Labute approximate surface area is 111 Å². The van der Waals surface area contributed by atoms with Gasteiger partial charge in [0.2, 0.25) is 0 Å². The van der Waals surface area contributed by atoms with E-state index in [1.165, 1.54) is 0 Å². The first-order valence-corrected chi connectivity index (χ1v) is 6.87. The zero-order valence-corrected chi connectivity index (χ0v) is 10.8. The van der Waals surface area contributed by atoms with Gasteiger partial charge in [-0.05, 0) is 43.9 Å². The first kappa shape index (κ1) is 14.4. The lowest BCUT2D eigenvalue weighted by molar-refractivity contribution is -0.150. The molecule has 0 aromatic heterocycles. The maximum Gasteiger partial charge on any atom is 0.389 e. The van der Waals surface area contributed by atoms with Gasteiger partial charge >= 0.3 is 12.1 Å². The predicted molar refractivity (Wildman–Crippen MR) is 64.3 cm³/mol. The van der Waals surface area contributed by atoms with Crippen LogP contribution in [-0.4, -0.2) is 18.8 Å². The minimum Gasteiger partial charge on any atom is -0.465 e. The van der Waals surface area contributed by atoms with E-state index < -0.39 is 12.6 Å². The van der Waals surface area contributed by atoms with Crippen molar-refractivity contribution in [3.63, 3.8) is 0 Å². The topological polar surface area (TPSA) is 26.3 Å². The van der Waals surface area contributed by atoms with E-state index in [0.29, 0.717) is 24.7 Å². The van der Waals surface area contributed by atoms with Crippen LogP contribution in [0.15, 0.2) is 12.2 Å². The number of rotatable bonds is 6. The lowest BCUT2D eigenvalue weighted by atomic mass is 9.94. The number of ether oxygens (including phenoxy) is 1. The Balaban J connectivity index is 1.54. The second kappa shape index (κ2) is 5.97. The van der Waals surface area contributed by atoms with Crippen LogP contribution in [0.5, 0.6) is 0 Å². The fourth-order valence-electron chi connectivity index (χ4n) is 2.94. The second-order valence-corrected chi connectivity index (χ2v) is 5.48. The fraction of sp³-hybridized carbons (Fsp3) is 0.786. The molecule has 0 spiro atoms. The monoisotopic (exact) mass is 276 g/mol. The van der Waals surface area contributed by atoms with E-state index >= 15 is 0 Å². The number of alkyl halides is 3. The van der Waals surface area contributed by atoms with Crippen molar-refractivity contribution in [1.29, 1.82) is 0 Å². The van der Waals surface area contributed by atoms with Crippen molar-refractivity contribution in [1.82, 2.24) is 0 Å². The molecular formula is C14H19F3O2. The Kier molecular flexibility index (Phi) is 4.53. The third-order valence-electron chi connectivity index (χ3n) is 3.93.